The molecule has 0 fully saturated rings. The van der Waals surface area contributed by atoms with E-state index in [1.54, 1.807) is 12.1 Å². The minimum Gasteiger partial charge on any atom is -0.456 e. The first kappa shape index (κ1) is 17.3. The highest BCUT2D eigenvalue weighted by molar-refractivity contribution is 5.97. The van der Waals surface area contributed by atoms with E-state index in [-0.39, 0.29) is 19.1 Å². The zero-order valence-electron chi connectivity index (χ0n) is 14.1. The molecule has 0 aliphatic carbocycles. The number of esters is 1. The second-order valence-electron chi connectivity index (χ2n) is 5.50. The molecule has 0 unspecified atom stereocenters. The Kier molecular flexibility index (Phi) is 5.33. The summed E-state index contributed by atoms with van der Waals surface area (Å²) in [5, 5.41) is 13.9. The minimum absolute atomic E-state index is 0.0963. The van der Waals surface area contributed by atoms with Crippen molar-refractivity contribution < 1.29 is 14.3 Å². The fourth-order valence-electron chi connectivity index (χ4n) is 2.34. The molecule has 3 rings (SSSR count). The number of rotatable bonds is 6. The normalized spacial score (nSPS) is 10.3. The van der Waals surface area contributed by atoms with E-state index in [1.165, 1.54) is 4.68 Å². The quantitative estimate of drug-likeness (QED) is 0.675. The maximum atomic E-state index is 12.1. The predicted molar refractivity (Wildman–Crippen MR) is 92.5 cm³/mol. The summed E-state index contributed by atoms with van der Waals surface area (Å²) in [6.45, 7) is 1.50. The Bertz CT molecular complexity index is 908. The van der Waals surface area contributed by atoms with Crippen LogP contribution in [0.15, 0.2) is 54.6 Å². The Morgan fingerprint density at radius 3 is 2.58 bits per heavy atom. The Balaban J connectivity index is 1.53. The molecule has 1 aromatic heterocycles. The third-order valence-electron chi connectivity index (χ3n) is 3.68. The number of nitrogens with one attached hydrogen (secondary N) is 1. The third-order valence-corrected chi connectivity index (χ3v) is 3.68. The van der Waals surface area contributed by atoms with Gasteiger partial charge in [0.15, 0.2) is 12.4 Å². The molecule has 8 heteroatoms. The van der Waals surface area contributed by atoms with Gasteiger partial charge in [0, 0.05) is 5.56 Å². The van der Waals surface area contributed by atoms with Gasteiger partial charge < -0.3 is 10.1 Å². The zero-order valence-corrected chi connectivity index (χ0v) is 14.1. The lowest BCUT2D eigenvalue weighted by Gasteiger charge is -2.08. The molecular weight excluding hydrogens is 334 g/mol. The van der Waals surface area contributed by atoms with Crippen LogP contribution in [0.25, 0.3) is 5.69 Å². The number of benzene rings is 2. The number of ether oxygens (including phenoxy) is 1. The second kappa shape index (κ2) is 8.02. The van der Waals surface area contributed by atoms with E-state index in [2.05, 4.69) is 20.8 Å². The van der Waals surface area contributed by atoms with E-state index in [9.17, 15) is 9.59 Å². The van der Waals surface area contributed by atoms with Gasteiger partial charge in [-0.05, 0) is 41.1 Å². The summed E-state index contributed by atoms with van der Waals surface area (Å²) in [6.07, 6.45) is 0. The fourth-order valence-corrected chi connectivity index (χ4v) is 2.34. The van der Waals surface area contributed by atoms with Crippen molar-refractivity contribution in [2.45, 2.75) is 13.5 Å². The number of nitrogens with zero attached hydrogens (tertiary/aromatic N) is 4. The molecule has 0 radical (unpaired) electrons. The van der Waals surface area contributed by atoms with Crippen LogP contribution in [0.4, 0.5) is 0 Å². The molecule has 1 heterocycles. The van der Waals surface area contributed by atoms with Gasteiger partial charge in [-0.2, -0.15) is 4.68 Å². The molecule has 26 heavy (non-hydrogen) atoms. The number of para-hydroxylation sites is 1. The van der Waals surface area contributed by atoms with Gasteiger partial charge in [0.25, 0.3) is 5.91 Å². The number of carbonyl (C=O) groups is 2. The lowest BCUT2D eigenvalue weighted by Crippen LogP contribution is -2.31. The van der Waals surface area contributed by atoms with Crippen LogP contribution < -0.4 is 5.32 Å². The van der Waals surface area contributed by atoms with E-state index in [0.717, 1.165) is 11.3 Å². The fraction of sp³-hybridized carbons (Fsp3) is 0.167. The number of hydrogen-bond acceptors (Lipinski definition) is 6. The highest BCUT2D eigenvalue weighted by Gasteiger charge is 2.13. The van der Waals surface area contributed by atoms with Crippen LogP contribution in [0.1, 0.15) is 21.7 Å². The number of tetrazole rings is 1. The first-order chi connectivity index (χ1) is 12.6. The Hall–Kier alpha value is -3.55. The van der Waals surface area contributed by atoms with Gasteiger partial charge in [-0.15, -0.1) is 5.10 Å². The lowest BCUT2D eigenvalue weighted by molar-refractivity contribution is -0.143. The van der Waals surface area contributed by atoms with E-state index in [1.807, 2.05) is 49.4 Å². The summed E-state index contributed by atoms with van der Waals surface area (Å²) in [5.41, 5.74) is 2.12. The summed E-state index contributed by atoms with van der Waals surface area (Å²) in [6, 6.07) is 16.4. The Morgan fingerprint density at radius 2 is 1.81 bits per heavy atom. The van der Waals surface area contributed by atoms with E-state index in [0.29, 0.717) is 11.4 Å². The highest BCUT2D eigenvalue weighted by Crippen LogP contribution is 2.08. The van der Waals surface area contributed by atoms with Crippen LogP contribution >= 0.6 is 0 Å². The molecule has 0 spiro atoms. The van der Waals surface area contributed by atoms with Crippen molar-refractivity contribution in [2.75, 3.05) is 6.54 Å². The maximum absolute atomic E-state index is 12.1. The molecule has 132 valence electrons. The Labute approximate surface area is 149 Å². The average Bonchev–Trinajstić information content (AvgIpc) is 3.14. The number of aryl methyl sites for hydroxylation is 1. The van der Waals surface area contributed by atoms with Gasteiger partial charge >= 0.3 is 5.97 Å². The van der Waals surface area contributed by atoms with Crippen LogP contribution in [-0.4, -0.2) is 38.6 Å². The predicted octanol–water partition coefficient (Wildman–Crippen LogP) is 1.44. The van der Waals surface area contributed by atoms with Crippen molar-refractivity contribution in [3.8, 4) is 5.69 Å². The molecule has 0 atom stereocenters. The van der Waals surface area contributed by atoms with E-state index >= 15 is 0 Å². The molecule has 3 aromatic rings. The Morgan fingerprint density at radius 1 is 1.08 bits per heavy atom. The first-order valence-corrected chi connectivity index (χ1v) is 7.97. The van der Waals surface area contributed by atoms with Crippen LogP contribution in [0.5, 0.6) is 0 Å². The molecule has 1 amide bonds. The maximum Gasteiger partial charge on any atom is 0.325 e. The molecule has 0 aliphatic heterocycles. The number of amides is 1. The molecule has 0 saturated carbocycles. The summed E-state index contributed by atoms with van der Waals surface area (Å²) in [4.78, 5) is 24.0. The van der Waals surface area contributed by atoms with E-state index in [4.69, 9.17) is 4.74 Å². The molecule has 1 N–H and O–H groups in total. The number of aromatic nitrogens is 4. The largest absolute Gasteiger partial charge is 0.456 e. The number of carbonyl (C=O) groups excluding carboxylic acids is 2. The monoisotopic (exact) mass is 351 g/mol. The van der Waals surface area contributed by atoms with Crippen LogP contribution in [0.3, 0.4) is 0 Å². The second-order valence-corrected chi connectivity index (χ2v) is 5.50. The highest BCUT2D eigenvalue weighted by atomic mass is 16.5. The van der Waals surface area contributed by atoms with Crippen LogP contribution in [-0.2, 0) is 16.1 Å². The molecule has 0 saturated heterocycles. The van der Waals surface area contributed by atoms with Crippen molar-refractivity contribution in [3.63, 3.8) is 0 Å². The van der Waals surface area contributed by atoms with Gasteiger partial charge in [0.05, 0.1) is 5.69 Å². The third kappa shape index (κ3) is 4.10. The number of hydrogen-bond donors (Lipinski definition) is 1. The minimum atomic E-state index is -0.574. The van der Waals surface area contributed by atoms with Crippen molar-refractivity contribution in [2.24, 2.45) is 0 Å². The van der Waals surface area contributed by atoms with Gasteiger partial charge in [0.1, 0.15) is 6.54 Å². The van der Waals surface area contributed by atoms with Gasteiger partial charge in [0.2, 0.25) is 0 Å². The summed E-state index contributed by atoms with van der Waals surface area (Å²) in [5.74, 6) is -0.515. The van der Waals surface area contributed by atoms with Gasteiger partial charge in [-0.25, -0.2) is 0 Å². The molecule has 0 bridgehead atoms. The molecule has 8 nitrogen and oxygen atoms in total. The first-order valence-electron chi connectivity index (χ1n) is 7.97. The smallest absolute Gasteiger partial charge is 0.325 e. The van der Waals surface area contributed by atoms with Crippen molar-refractivity contribution in [1.29, 1.82) is 0 Å². The molecule has 0 aliphatic rings. The average molecular weight is 351 g/mol. The standard InChI is InChI=1S/C18H17N5O3/c1-13-7-5-6-10-15(13)18(25)19-11-17(24)26-12-16-20-21-22-23(16)14-8-3-2-4-9-14/h2-10H,11-12H2,1H3,(H,19,25). The summed E-state index contributed by atoms with van der Waals surface area (Å²) >= 11 is 0. The molecule has 2 aromatic carbocycles. The van der Waals surface area contributed by atoms with Crippen molar-refractivity contribution >= 4 is 11.9 Å². The van der Waals surface area contributed by atoms with Crippen molar-refractivity contribution in [3.05, 3.63) is 71.5 Å². The van der Waals surface area contributed by atoms with Crippen LogP contribution in [0.2, 0.25) is 0 Å². The van der Waals surface area contributed by atoms with Crippen molar-refractivity contribution in [1.82, 2.24) is 25.5 Å². The van der Waals surface area contributed by atoms with Crippen LogP contribution in [0, 0.1) is 6.92 Å². The van der Waals surface area contributed by atoms with E-state index < -0.39 is 5.97 Å². The van der Waals surface area contributed by atoms with Gasteiger partial charge in [-0.3, -0.25) is 9.59 Å². The zero-order chi connectivity index (χ0) is 18.4. The summed E-state index contributed by atoms with van der Waals surface area (Å²) in [7, 11) is 0. The lowest BCUT2D eigenvalue weighted by atomic mass is 10.1. The topological polar surface area (TPSA) is 99.0 Å². The van der Waals surface area contributed by atoms with Gasteiger partial charge in [-0.1, -0.05) is 36.4 Å². The molecular formula is C18H17N5O3. The summed E-state index contributed by atoms with van der Waals surface area (Å²) < 4.78 is 6.63. The SMILES string of the molecule is Cc1ccccc1C(=O)NCC(=O)OCc1nnnn1-c1ccccc1.